The van der Waals surface area contributed by atoms with Crippen LogP contribution in [0, 0.1) is 6.92 Å². The zero-order valence-corrected chi connectivity index (χ0v) is 15.7. The highest BCUT2D eigenvalue weighted by atomic mass is 79.9. The highest BCUT2D eigenvalue weighted by molar-refractivity contribution is 9.10. The molecule has 0 unspecified atom stereocenters. The Hall–Kier alpha value is -2.92. The fourth-order valence-corrected chi connectivity index (χ4v) is 3.08. The predicted molar refractivity (Wildman–Crippen MR) is 107 cm³/mol. The minimum Gasteiger partial charge on any atom is -0.245 e. The van der Waals surface area contributed by atoms with Crippen molar-refractivity contribution in [1.82, 2.24) is 14.3 Å². The molecule has 0 saturated carbocycles. The fourth-order valence-electron chi connectivity index (χ4n) is 2.82. The zero-order chi connectivity index (χ0) is 18.1. The first-order valence-corrected chi connectivity index (χ1v) is 9.03. The van der Waals surface area contributed by atoms with Crippen LogP contribution in [0.4, 0.5) is 0 Å². The van der Waals surface area contributed by atoms with Crippen LogP contribution in [0.3, 0.4) is 0 Å². The Bertz CT molecular complexity index is 1090. The summed E-state index contributed by atoms with van der Waals surface area (Å²) in [5.74, 6) is 0.612. The summed E-state index contributed by atoms with van der Waals surface area (Å²) in [6, 6.07) is 25.1. The molecule has 0 amide bonds. The van der Waals surface area contributed by atoms with Crippen molar-refractivity contribution in [3.63, 3.8) is 0 Å². The second-order valence-corrected chi connectivity index (χ2v) is 6.95. The van der Waals surface area contributed by atoms with Gasteiger partial charge in [0.25, 0.3) is 0 Å². The standard InChI is InChI=1S/C21H16BrN3O/c1-15-7-9-16(10-8-15)20-23-25(19-5-3-2-4-6-19)21(26)24(20)18-13-11-17(22)12-14-18/h2-14H,1H3. The number of rotatable bonds is 3. The largest absolute Gasteiger partial charge is 0.355 e. The minimum absolute atomic E-state index is 0.200. The summed E-state index contributed by atoms with van der Waals surface area (Å²) >= 11 is 3.44. The topological polar surface area (TPSA) is 39.8 Å². The summed E-state index contributed by atoms with van der Waals surface area (Å²) in [5, 5.41) is 4.63. The van der Waals surface area contributed by atoms with Crippen LogP contribution < -0.4 is 5.69 Å². The minimum atomic E-state index is -0.200. The van der Waals surface area contributed by atoms with E-state index in [1.807, 2.05) is 85.8 Å². The molecule has 0 aliphatic heterocycles. The summed E-state index contributed by atoms with van der Waals surface area (Å²) < 4.78 is 4.04. The van der Waals surface area contributed by atoms with Gasteiger partial charge in [0.2, 0.25) is 0 Å². The summed E-state index contributed by atoms with van der Waals surface area (Å²) in [6.45, 7) is 2.04. The smallest absolute Gasteiger partial charge is 0.245 e. The van der Waals surface area contributed by atoms with Gasteiger partial charge in [-0.2, -0.15) is 4.68 Å². The van der Waals surface area contributed by atoms with Crippen LogP contribution >= 0.6 is 15.9 Å². The molecule has 4 aromatic rings. The van der Waals surface area contributed by atoms with Gasteiger partial charge in [-0.1, -0.05) is 64.0 Å². The third-order valence-corrected chi connectivity index (χ3v) is 4.70. The molecule has 3 aromatic carbocycles. The summed E-state index contributed by atoms with van der Waals surface area (Å²) in [4.78, 5) is 13.2. The van der Waals surface area contributed by atoms with Crippen LogP contribution in [-0.4, -0.2) is 14.3 Å². The third kappa shape index (κ3) is 3.02. The van der Waals surface area contributed by atoms with Crippen LogP contribution in [0.15, 0.2) is 88.1 Å². The molecule has 5 heteroatoms. The van der Waals surface area contributed by atoms with E-state index in [1.165, 1.54) is 4.68 Å². The molecule has 4 nitrogen and oxygen atoms in total. The number of halogens is 1. The van der Waals surface area contributed by atoms with Crippen molar-refractivity contribution in [2.24, 2.45) is 0 Å². The number of aromatic nitrogens is 3. The fraction of sp³-hybridized carbons (Fsp3) is 0.0476. The molecule has 0 radical (unpaired) electrons. The second-order valence-electron chi connectivity index (χ2n) is 6.03. The van der Waals surface area contributed by atoms with Crippen molar-refractivity contribution in [3.8, 4) is 22.8 Å². The number of para-hydroxylation sites is 1. The molecule has 0 bridgehead atoms. The zero-order valence-electron chi connectivity index (χ0n) is 14.1. The lowest BCUT2D eigenvalue weighted by molar-refractivity contribution is 0.830. The maximum Gasteiger partial charge on any atom is 0.355 e. The van der Waals surface area contributed by atoms with Gasteiger partial charge in [0.15, 0.2) is 5.82 Å². The average molecular weight is 406 g/mol. The average Bonchev–Trinajstić information content (AvgIpc) is 3.01. The van der Waals surface area contributed by atoms with E-state index >= 15 is 0 Å². The molecule has 0 aliphatic carbocycles. The van der Waals surface area contributed by atoms with Crippen molar-refractivity contribution in [2.75, 3.05) is 0 Å². The van der Waals surface area contributed by atoms with Gasteiger partial charge in [-0.05, 0) is 43.3 Å². The number of nitrogens with zero attached hydrogens (tertiary/aromatic N) is 3. The van der Waals surface area contributed by atoms with Crippen LogP contribution in [0.5, 0.6) is 0 Å². The van der Waals surface area contributed by atoms with E-state index in [1.54, 1.807) is 4.57 Å². The van der Waals surface area contributed by atoms with E-state index in [0.717, 1.165) is 27.0 Å². The molecule has 1 aromatic heterocycles. The lowest BCUT2D eigenvalue weighted by Crippen LogP contribution is -2.22. The van der Waals surface area contributed by atoms with Gasteiger partial charge < -0.3 is 0 Å². The SMILES string of the molecule is Cc1ccc(-c2nn(-c3ccccc3)c(=O)n2-c2ccc(Br)cc2)cc1. The Morgan fingerprint density at radius 2 is 1.46 bits per heavy atom. The molecular weight excluding hydrogens is 390 g/mol. The molecule has 0 fully saturated rings. The quantitative estimate of drug-likeness (QED) is 0.492. The van der Waals surface area contributed by atoms with E-state index in [4.69, 9.17) is 0 Å². The highest BCUT2D eigenvalue weighted by Crippen LogP contribution is 2.22. The van der Waals surface area contributed by atoms with Crippen molar-refractivity contribution in [1.29, 1.82) is 0 Å². The first-order chi connectivity index (χ1) is 12.6. The second kappa shape index (κ2) is 6.77. The molecule has 0 saturated heterocycles. The molecule has 128 valence electrons. The molecule has 0 spiro atoms. The highest BCUT2D eigenvalue weighted by Gasteiger charge is 2.17. The number of benzene rings is 3. The Balaban J connectivity index is 1.98. The van der Waals surface area contributed by atoms with Gasteiger partial charge >= 0.3 is 5.69 Å². The summed E-state index contributed by atoms with van der Waals surface area (Å²) in [6.07, 6.45) is 0. The van der Waals surface area contributed by atoms with Crippen molar-refractivity contribution < 1.29 is 0 Å². The molecular formula is C21H16BrN3O. The molecule has 0 aliphatic rings. The Kier molecular flexibility index (Phi) is 4.31. The summed E-state index contributed by atoms with van der Waals surface area (Å²) in [5.41, 5.74) is 3.37. The van der Waals surface area contributed by atoms with E-state index in [9.17, 15) is 4.79 Å². The van der Waals surface area contributed by atoms with Gasteiger partial charge in [0.1, 0.15) is 0 Å². The van der Waals surface area contributed by atoms with Crippen molar-refractivity contribution >= 4 is 15.9 Å². The van der Waals surface area contributed by atoms with Crippen molar-refractivity contribution in [3.05, 3.63) is 99.4 Å². The van der Waals surface area contributed by atoms with Gasteiger partial charge in [-0.25, -0.2) is 9.36 Å². The molecule has 26 heavy (non-hydrogen) atoms. The van der Waals surface area contributed by atoms with Gasteiger partial charge in [-0.15, -0.1) is 5.10 Å². The molecule has 0 N–H and O–H groups in total. The van der Waals surface area contributed by atoms with Crippen LogP contribution in [0.25, 0.3) is 22.8 Å². The first-order valence-electron chi connectivity index (χ1n) is 8.24. The van der Waals surface area contributed by atoms with Gasteiger partial charge in [0, 0.05) is 10.0 Å². The Morgan fingerprint density at radius 3 is 2.12 bits per heavy atom. The monoisotopic (exact) mass is 405 g/mol. The number of hydrogen-bond acceptors (Lipinski definition) is 2. The van der Waals surface area contributed by atoms with E-state index in [0.29, 0.717) is 5.82 Å². The van der Waals surface area contributed by atoms with E-state index in [2.05, 4.69) is 21.0 Å². The predicted octanol–water partition coefficient (Wildman–Crippen LogP) is 4.76. The molecule has 1 heterocycles. The maximum atomic E-state index is 13.2. The van der Waals surface area contributed by atoms with Crippen LogP contribution in [0.2, 0.25) is 0 Å². The van der Waals surface area contributed by atoms with E-state index < -0.39 is 0 Å². The van der Waals surface area contributed by atoms with Crippen LogP contribution in [-0.2, 0) is 0 Å². The normalized spacial score (nSPS) is 10.8. The van der Waals surface area contributed by atoms with Gasteiger partial charge in [-0.3, -0.25) is 0 Å². The third-order valence-electron chi connectivity index (χ3n) is 4.17. The van der Waals surface area contributed by atoms with E-state index in [-0.39, 0.29) is 5.69 Å². The maximum absolute atomic E-state index is 13.2. The molecule has 0 atom stereocenters. The molecule has 4 rings (SSSR count). The van der Waals surface area contributed by atoms with Crippen LogP contribution in [0.1, 0.15) is 5.56 Å². The number of aryl methyl sites for hydroxylation is 1. The number of hydrogen-bond donors (Lipinski definition) is 0. The lowest BCUT2D eigenvalue weighted by Gasteiger charge is -2.06. The Labute approximate surface area is 159 Å². The first kappa shape index (κ1) is 16.5. The lowest BCUT2D eigenvalue weighted by atomic mass is 10.1. The van der Waals surface area contributed by atoms with Crippen molar-refractivity contribution in [2.45, 2.75) is 6.92 Å². The summed E-state index contributed by atoms with van der Waals surface area (Å²) in [7, 11) is 0. The Morgan fingerprint density at radius 1 is 0.808 bits per heavy atom. The van der Waals surface area contributed by atoms with Gasteiger partial charge in [0.05, 0.1) is 11.4 Å².